The fraction of sp³-hybridized carbons (Fsp3) is 0.857. The molecule has 0 spiro atoms. The molecule has 2 radical (unpaired) electrons. The average Bonchev–Trinajstić information content (AvgIpc) is 2.28. The fourth-order valence-electron chi connectivity index (χ4n) is 1.36. The Hall–Kier alpha value is -0.545. The third kappa shape index (κ3) is 1.79. The van der Waals surface area contributed by atoms with Gasteiger partial charge in [-0.25, -0.2) is 0 Å². The normalized spacial score (nSPS) is 32.1. The van der Waals surface area contributed by atoms with E-state index in [4.69, 9.17) is 13.6 Å². The Balaban J connectivity index is 2.58. The number of hydrogen-bond donors (Lipinski definition) is 2. The monoisotopic (exact) mass is 168 g/mol. The number of β-amino-alcohol motifs (C(OH)–C–C–N with tert-alkyl or cyclic N) is 1. The predicted octanol–water partition coefficient (Wildman–Crippen LogP) is -1.58. The Labute approximate surface area is 73.1 Å². The maximum atomic E-state index is 11.3. The Kier molecular flexibility index (Phi) is 2.74. The summed E-state index contributed by atoms with van der Waals surface area (Å²) in [5.74, 6) is -0.572. The van der Waals surface area contributed by atoms with Gasteiger partial charge in [0.2, 0.25) is 5.91 Å². The van der Waals surface area contributed by atoms with Crippen molar-refractivity contribution in [3.05, 3.63) is 0 Å². The highest BCUT2D eigenvalue weighted by atomic mass is 16.3. The highest BCUT2D eigenvalue weighted by molar-refractivity contribution is 6.13. The molecule has 0 aromatic heterocycles. The van der Waals surface area contributed by atoms with Crippen molar-refractivity contribution in [2.24, 2.45) is 5.73 Å². The molecule has 1 heterocycles. The molecule has 1 fully saturated rings. The Morgan fingerprint density at radius 2 is 2.42 bits per heavy atom. The van der Waals surface area contributed by atoms with Gasteiger partial charge in [-0.1, -0.05) is 0 Å². The number of aliphatic hydroxyl groups is 1. The summed E-state index contributed by atoms with van der Waals surface area (Å²) in [6.07, 6.45) is -0.0546. The van der Waals surface area contributed by atoms with Crippen LogP contribution in [0.3, 0.4) is 0 Å². The van der Waals surface area contributed by atoms with Crippen molar-refractivity contribution >= 4 is 13.8 Å². The molecule has 0 aromatic rings. The molecule has 0 aromatic carbocycles. The van der Waals surface area contributed by atoms with Gasteiger partial charge >= 0.3 is 0 Å². The first-order chi connectivity index (χ1) is 5.52. The second kappa shape index (κ2) is 3.45. The highest BCUT2D eigenvalue weighted by Crippen LogP contribution is 2.15. The summed E-state index contributed by atoms with van der Waals surface area (Å²) < 4.78 is 0. The number of carbonyl (C=O) groups is 1. The van der Waals surface area contributed by atoms with Crippen molar-refractivity contribution in [3.8, 4) is 0 Å². The first-order valence-corrected chi connectivity index (χ1v) is 4.02. The molecule has 3 N–H and O–H groups in total. The molecule has 66 valence electrons. The largest absolute Gasteiger partial charge is 0.391 e. The van der Waals surface area contributed by atoms with Gasteiger partial charge in [-0.3, -0.25) is 4.79 Å². The van der Waals surface area contributed by atoms with Crippen molar-refractivity contribution < 1.29 is 9.90 Å². The molecule has 1 aliphatic heterocycles. The number of rotatable bonds is 1. The topological polar surface area (TPSA) is 66.6 Å². The zero-order valence-corrected chi connectivity index (χ0v) is 7.10. The number of carbonyl (C=O) groups excluding carboxylic acids is 1. The summed E-state index contributed by atoms with van der Waals surface area (Å²) in [6.45, 7) is 1.92. The van der Waals surface area contributed by atoms with E-state index >= 15 is 0 Å². The van der Waals surface area contributed by atoms with E-state index in [0.717, 1.165) is 0 Å². The number of nitrogens with zero attached hydrogens (tertiary/aromatic N) is 1. The number of likely N-dealkylation sites (tertiary alicyclic amines) is 1. The predicted molar refractivity (Wildman–Crippen MR) is 45.5 cm³/mol. The molecule has 5 heteroatoms. The second-order valence-corrected chi connectivity index (χ2v) is 3.24. The molecule has 4 nitrogen and oxygen atoms in total. The quantitative estimate of drug-likeness (QED) is 0.464. The second-order valence-electron chi connectivity index (χ2n) is 3.24. The number of hydrogen-bond acceptors (Lipinski definition) is 3. The van der Waals surface area contributed by atoms with E-state index in [-0.39, 0.29) is 11.8 Å². The van der Waals surface area contributed by atoms with Gasteiger partial charge in [0.25, 0.3) is 0 Å². The van der Waals surface area contributed by atoms with E-state index in [1.807, 2.05) is 0 Å². The lowest BCUT2D eigenvalue weighted by Gasteiger charge is -2.23. The standard InChI is InChI=1S/C7H13BN2O2/c1-4(9)7(12)10-3-5(11)2-6(10)8/h4-6,11H,2-3,9H2,1H3/t4-,5-,6-/m0/s1. The van der Waals surface area contributed by atoms with Crippen LogP contribution in [0.4, 0.5) is 0 Å². The molecule has 3 atom stereocenters. The molecule has 0 unspecified atom stereocenters. The molecule has 1 amide bonds. The van der Waals surface area contributed by atoms with Gasteiger partial charge < -0.3 is 15.7 Å². The molecular weight excluding hydrogens is 155 g/mol. The van der Waals surface area contributed by atoms with E-state index < -0.39 is 12.1 Å². The lowest BCUT2D eigenvalue weighted by atomic mass is 9.93. The molecule has 0 aliphatic carbocycles. The summed E-state index contributed by atoms with van der Waals surface area (Å²) in [7, 11) is 5.60. The molecular formula is C7H13BN2O2. The first-order valence-electron chi connectivity index (χ1n) is 4.02. The van der Waals surface area contributed by atoms with Crippen molar-refractivity contribution in [1.82, 2.24) is 4.90 Å². The average molecular weight is 168 g/mol. The van der Waals surface area contributed by atoms with Gasteiger partial charge in [-0.2, -0.15) is 0 Å². The van der Waals surface area contributed by atoms with Crippen LogP contribution in [-0.4, -0.2) is 48.4 Å². The number of amides is 1. The third-order valence-electron chi connectivity index (χ3n) is 1.99. The van der Waals surface area contributed by atoms with Crippen LogP contribution >= 0.6 is 0 Å². The van der Waals surface area contributed by atoms with Crippen LogP contribution in [0.5, 0.6) is 0 Å². The van der Waals surface area contributed by atoms with Gasteiger partial charge in [0, 0.05) is 6.54 Å². The minimum Gasteiger partial charge on any atom is -0.391 e. The third-order valence-corrected chi connectivity index (χ3v) is 1.99. The summed E-state index contributed by atoms with van der Waals surface area (Å²) in [6, 6.07) is -0.540. The Morgan fingerprint density at radius 1 is 1.83 bits per heavy atom. The minimum absolute atomic E-state index is 0.195. The van der Waals surface area contributed by atoms with E-state index in [1.54, 1.807) is 6.92 Å². The minimum atomic E-state index is -0.540. The zero-order valence-electron chi connectivity index (χ0n) is 7.10. The smallest absolute Gasteiger partial charge is 0.238 e. The Bertz CT molecular complexity index is 186. The van der Waals surface area contributed by atoms with Crippen molar-refractivity contribution in [1.29, 1.82) is 0 Å². The van der Waals surface area contributed by atoms with Crippen molar-refractivity contribution in [3.63, 3.8) is 0 Å². The van der Waals surface area contributed by atoms with Crippen molar-refractivity contribution in [2.75, 3.05) is 6.54 Å². The van der Waals surface area contributed by atoms with Crippen LogP contribution in [0.25, 0.3) is 0 Å². The summed E-state index contributed by atoms with van der Waals surface area (Å²) in [5.41, 5.74) is 5.40. The van der Waals surface area contributed by atoms with Crippen LogP contribution < -0.4 is 5.73 Å². The zero-order chi connectivity index (χ0) is 9.30. The van der Waals surface area contributed by atoms with Gasteiger partial charge in [0.1, 0.15) is 0 Å². The summed E-state index contributed by atoms with van der Waals surface area (Å²) >= 11 is 0. The van der Waals surface area contributed by atoms with Crippen LogP contribution in [-0.2, 0) is 4.79 Å². The maximum absolute atomic E-state index is 11.3. The SMILES string of the molecule is [B][C@@H]1C[C@H](O)CN1C(=O)[C@H](C)N. The first kappa shape index (κ1) is 9.54. The van der Waals surface area contributed by atoms with Crippen LogP contribution in [0.1, 0.15) is 13.3 Å². The summed E-state index contributed by atoms with van der Waals surface area (Å²) in [5, 5.41) is 9.19. The van der Waals surface area contributed by atoms with E-state index in [2.05, 4.69) is 0 Å². The lowest BCUT2D eigenvalue weighted by molar-refractivity contribution is -0.132. The van der Waals surface area contributed by atoms with E-state index in [1.165, 1.54) is 4.90 Å². The maximum Gasteiger partial charge on any atom is 0.238 e. The Morgan fingerprint density at radius 3 is 2.75 bits per heavy atom. The van der Waals surface area contributed by atoms with Gasteiger partial charge in [-0.15, -0.1) is 0 Å². The lowest BCUT2D eigenvalue weighted by Crippen LogP contribution is -2.45. The van der Waals surface area contributed by atoms with Gasteiger partial charge in [-0.05, 0) is 19.3 Å². The van der Waals surface area contributed by atoms with Crippen LogP contribution in [0, 0.1) is 0 Å². The summed E-state index contributed by atoms with van der Waals surface area (Å²) in [4.78, 5) is 12.7. The van der Waals surface area contributed by atoms with Crippen LogP contribution in [0.2, 0.25) is 0 Å². The molecule has 1 aliphatic rings. The fourth-order valence-corrected chi connectivity index (χ4v) is 1.36. The molecule has 0 saturated carbocycles. The van der Waals surface area contributed by atoms with Gasteiger partial charge in [0.15, 0.2) is 0 Å². The van der Waals surface area contributed by atoms with Gasteiger partial charge in [0.05, 0.1) is 20.0 Å². The molecule has 1 saturated heterocycles. The number of nitrogens with two attached hydrogens (primary N) is 1. The molecule has 12 heavy (non-hydrogen) atoms. The van der Waals surface area contributed by atoms with E-state index in [0.29, 0.717) is 13.0 Å². The molecule has 1 rings (SSSR count). The van der Waals surface area contributed by atoms with Crippen molar-refractivity contribution in [2.45, 2.75) is 31.4 Å². The van der Waals surface area contributed by atoms with E-state index in [9.17, 15) is 9.90 Å². The highest BCUT2D eigenvalue weighted by Gasteiger charge is 2.31. The van der Waals surface area contributed by atoms with Crippen LogP contribution in [0.15, 0.2) is 0 Å². The number of aliphatic hydroxyl groups excluding tert-OH is 1. The molecule has 0 bridgehead atoms.